The molecule has 0 unspecified atom stereocenters. The number of Topliss-reactive ketones (excluding diaryl/α,β-unsaturated/α-hetero) is 1. The summed E-state index contributed by atoms with van der Waals surface area (Å²) in [5.41, 5.74) is 2.98. The third kappa shape index (κ3) is 6.33. The van der Waals surface area contributed by atoms with E-state index in [9.17, 15) is 14.4 Å². The molecule has 4 heterocycles. The number of amides is 2. The van der Waals surface area contributed by atoms with Crippen LogP contribution >= 0.6 is 23.1 Å². The summed E-state index contributed by atoms with van der Waals surface area (Å²) in [6.45, 7) is 5.08. The van der Waals surface area contributed by atoms with Gasteiger partial charge in [-0.1, -0.05) is 18.2 Å². The molecule has 37 heavy (non-hydrogen) atoms. The molecule has 0 radical (unpaired) electrons. The van der Waals surface area contributed by atoms with E-state index >= 15 is 0 Å². The molecule has 190 valence electrons. The zero-order valence-corrected chi connectivity index (χ0v) is 22.0. The van der Waals surface area contributed by atoms with Crippen LogP contribution in [0.25, 0.3) is 16.5 Å². The van der Waals surface area contributed by atoms with Gasteiger partial charge in [0.15, 0.2) is 5.78 Å². The fourth-order valence-electron chi connectivity index (χ4n) is 4.42. The van der Waals surface area contributed by atoms with Crippen LogP contribution in [-0.4, -0.2) is 46.5 Å². The molecule has 0 bridgehead atoms. The molecule has 8 nitrogen and oxygen atoms in total. The van der Waals surface area contributed by atoms with E-state index in [4.69, 9.17) is 0 Å². The van der Waals surface area contributed by atoms with E-state index < -0.39 is 0 Å². The van der Waals surface area contributed by atoms with Gasteiger partial charge in [0, 0.05) is 30.7 Å². The number of carbonyl (C=O) groups is 3. The van der Waals surface area contributed by atoms with Crippen LogP contribution in [0.4, 0.5) is 10.7 Å². The largest absolute Gasteiger partial charge is 0.341 e. The quantitative estimate of drug-likeness (QED) is 0.316. The number of ketones is 1. The summed E-state index contributed by atoms with van der Waals surface area (Å²) in [6, 6.07) is 14.1. The van der Waals surface area contributed by atoms with Crippen LogP contribution in [0, 0.1) is 5.92 Å². The maximum Gasteiger partial charge on any atom is 0.290 e. The SMILES string of the molecule is CC(=O)c1ccc(-c2cccc(CNCC3CCN(c4nccc(C=C5SC(=O)NC5=O)n4)CC3)c2)s1. The third-order valence-corrected chi connectivity index (χ3v) is 8.46. The van der Waals surface area contributed by atoms with Crippen LogP contribution < -0.4 is 15.5 Å². The fourth-order valence-corrected chi connectivity index (χ4v) is 5.99. The summed E-state index contributed by atoms with van der Waals surface area (Å²) in [6.07, 6.45) is 5.39. The number of imide groups is 1. The van der Waals surface area contributed by atoms with Gasteiger partial charge >= 0.3 is 0 Å². The second-order valence-electron chi connectivity index (χ2n) is 9.12. The van der Waals surface area contributed by atoms with Gasteiger partial charge in [-0.25, -0.2) is 9.97 Å². The highest BCUT2D eigenvalue weighted by atomic mass is 32.2. The van der Waals surface area contributed by atoms with Gasteiger partial charge < -0.3 is 10.2 Å². The van der Waals surface area contributed by atoms with E-state index in [2.05, 4.69) is 49.8 Å². The third-order valence-electron chi connectivity index (χ3n) is 6.41. The van der Waals surface area contributed by atoms with Gasteiger partial charge in [0.1, 0.15) is 0 Å². The Morgan fingerprint density at radius 1 is 1.19 bits per heavy atom. The maximum absolute atomic E-state index is 11.8. The normalized spacial score (nSPS) is 17.4. The summed E-state index contributed by atoms with van der Waals surface area (Å²) in [7, 11) is 0. The van der Waals surface area contributed by atoms with Crippen molar-refractivity contribution in [1.29, 1.82) is 0 Å². The lowest BCUT2D eigenvalue weighted by molar-refractivity contribution is -0.115. The highest BCUT2D eigenvalue weighted by Gasteiger charge is 2.25. The summed E-state index contributed by atoms with van der Waals surface area (Å²) in [5, 5.41) is 5.51. The van der Waals surface area contributed by atoms with Crippen molar-refractivity contribution in [2.45, 2.75) is 26.3 Å². The van der Waals surface area contributed by atoms with Crippen LogP contribution in [0.2, 0.25) is 0 Å². The lowest BCUT2D eigenvalue weighted by Gasteiger charge is -2.32. The lowest BCUT2D eigenvalue weighted by Crippen LogP contribution is -2.38. The number of piperidine rings is 1. The highest BCUT2D eigenvalue weighted by Crippen LogP contribution is 2.29. The van der Waals surface area contributed by atoms with Crippen molar-refractivity contribution in [2.75, 3.05) is 24.5 Å². The Morgan fingerprint density at radius 2 is 2.03 bits per heavy atom. The van der Waals surface area contributed by atoms with Crippen molar-refractivity contribution in [2.24, 2.45) is 5.92 Å². The minimum absolute atomic E-state index is 0.103. The lowest BCUT2D eigenvalue weighted by atomic mass is 9.97. The maximum atomic E-state index is 11.8. The molecule has 3 aromatic rings. The van der Waals surface area contributed by atoms with Crippen molar-refractivity contribution < 1.29 is 14.4 Å². The molecule has 2 aliphatic rings. The Hall–Kier alpha value is -3.34. The van der Waals surface area contributed by atoms with Crippen molar-refractivity contribution >= 4 is 52.1 Å². The molecule has 1 aromatic carbocycles. The van der Waals surface area contributed by atoms with E-state index in [0.29, 0.717) is 22.5 Å². The van der Waals surface area contributed by atoms with Crippen molar-refractivity contribution in [3.05, 3.63) is 69.7 Å². The molecule has 10 heteroatoms. The van der Waals surface area contributed by atoms with Crippen molar-refractivity contribution in [3.63, 3.8) is 0 Å². The molecule has 0 aliphatic carbocycles. The van der Waals surface area contributed by atoms with Gasteiger partial charge in [-0.05, 0) is 85.5 Å². The van der Waals surface area contributed by atoms with E-state index in [1.807, 2.05) is 12.1 Å². The number of anilines is 1. The Bertz CT molecular complexity index is 1360. The molecule has 2 aromatic heterocycles. The number of thioether (sulfide) groups is 1. The van der Waals surface area contributed by atoms with Gasteiger partial charge in [-0.3, -0.25) is 19.7 Å². The molecule has 0 saturated carbocycles. The van der Waals surface area contributed by atoms with Crippen molar-refractivity contribution in [1.82, 2.24) is 20.6 Å². The average molecular weight is 534 g/mol. The number of nitrogens with one attached hydrogen (secondary N) is 2. The molecule has 2 amide bonds. The average Bonchev–Trinajstić information content (AvgIpc) is 3.51. The van der Waals surface area contributed by atoms with Crippen molar-refractivity contribution in [3.8, 4) is 10.4 Å². The van der Waals surface area contributed by atoms with Crippen LogP contribution in [0.5, 0.6) is 0 Å². The first-order chi connectivity index (χ1) is 17.9. The van der Waals surface area contributed by atoms with E-state index in [0.717, 1.165) is 66.1 Å². The summed E-state index contributed by atoms with van der Waals surface area (Å²) < 4.78 is 0. The molecule has 0 atom stereocenters. The first-order valence-corrected chi connectivity index (χ1v) is 13.8. The first kappa shape index (κ1) is 25.3. The minimum Gasteiger partial charge on any atom is -0.341 e. The molecular formula is C27H27N5O3S2. The molecule has 2 fully saturated rings. The molecule has 2 aliphatic heterocycles. The zero-order chi connectivity index (χ0) is 25.8. The predicted octanol–water partition coefficient (Wildman–Crippen LogP) is 4.74. The molecule has 2 N–H and O–H groups in total. The molecule has 0 spiro atoms. The highest BCUT2D eigenvalue weighted by molar-refractivity contribution is 8.18. The van der Waals surface area contributed by atoms with Crippen LogP contribution in [0.3, 0.4) is 0 Å². The summed E-state index contributed by atoms with van der Waals surface area (Å²) in [5.74, 6) is 0.939. The minimum atomic E-state index is -0.385. The van der Waals surface area contributed by atoms with Gasteiger partial charge in [0.2, 0.25) is 5.95 Å². The molecule has 5 rings (SSSR count). The van der Waals surface area contributed by atoms with Crippen LogP contribution in [-0.2, 0) is 11.3 Å². The van der Waals surface area contributed by atoms with Gasteiger partial charge in [0.05, 0.1) is 15.5 Å². The van der Waals surface area contributed by atoms with Gasteiger partial charge in [-0.15, -0.1) is 11.3 Å². The summed E-state index contributed by atoms with van der Waals surface area (Å²) in [4.78, 5) is 48.2. The number of hydrogen-bond acceptors (Lipinski definition) is 9. The summed E-state index contributed by atoms with van der Waals surface area (Å²) >= 11 is 2.42. The second-order valence-corrected chi connectivity index (χ2v) is 11.2. The Kier molecular flexibility index (Phi) is 7.78. The number of thiophene rings is 1. The number of carbonyl (C=O) groups excluding carboxylic acids is 3. The number of nitrogens with zero attached hydrogens (tertiary/aromatic N) is 3. The number of rotatable bonds is 8. The Balaban J connectivity index is 1.11. The first-order valence-electron chi connectivity index (χ1n) is 12.2. The van der Waals surface area contributed by atoms with Crippen LogP contribution in [0.15, 0.2) is 53.6 Å². The predicted molar refractivity (Wildman–Crippen MR) is 148 cm³/mol. The number of benzene rings is 1. The second kappa shape index (κ2) is 11.4. The fraction of sp³-hybridized carbons (Fsp3) is 0.296. The monoisotopic (exact) mass is 533 g/mol. The smallest absolute Gasteiger partial charge is 0.290 e. The Labute approximate surface area is 223 Å². The standard InChI is InChI=1S/C27H27N5O3S2/c1-17(33)22-5-6-23(36-22)20-4-2-3-19(13-20)16-28-15-18-8-11-32(12-9-18)26-29-10-7-21(30-26)14-24-25(34)31-27(35)37-24/h2-7,10,13-14,18,28H,8-9,11-12,15-16H2,1H3,(H,31,34,35). The van der Waals surface area contributed by atoms with Gasteiger partial charge in [0.25, 0.3) is 11.1 Å². The van der Waals surface area contributed by atoms with E-state index in [1.54, 1.807) is 25.3 Å². The van der Waals surface area contributed by atoms with E-state index in [1.165, 1.54) is 16.9 Å². The Morgan fingerprint density at radius 3 is 2.76 bits per heavy atom. The zero-order valence-electron chi connectivity index (χ0n) is 20.4. The van der Waals surface area contributed by atoms with Gasteiger partial charge in [-0.2, -0.15) is 0 Å². The number of hydrogen-bond donors (Lipinski definition) is 2. The molecule has 2 saturated heterocycles. The van der Waals surface area contributed by atoms with E-state index in [-0.39, 0.29) is 16.9 Å². The topological polar surface area (TPSA) is 104 Å². The molecular weight excluding hydrogens is 506 g/mol. The number of aromatic nitrogens is 2. The van der Waals surface area contributed by atoms with Crippen LogP contribution in [0.1, 0.15) is 40.7 Å².